The van der Waals surface area contributed by atoms with E-state index in [0.29, 0.717) is 19.6 Å². The van der Waals surface area contributed by atoms with Gasteiger partial charge in [0.2, 0.25) is 5.91 Å². The van der Waals surface area contributed by atoms with Crippen LogP contribution in [0.1, 0.15) is 16.8 Å². The summed E-state index contributed by atoms with van der Waals surface area (Å²) < 4.78 is 26.0. The largest absolute Gasteiger partial charge is 0.356 e. The Hall–Kier alpha value is -2.02. The van der Waals surface area contributed by atoms with Gasteiger partial charge in [-0.1, -0.05) is 0 Å². The maximum atomic E-state index is 13.1. The van der Waals surface area contributed by atoms with E-state index in [1.54, 1.807) is 0 Å². The Bertz CT molecular complexity index is 587. The van der Waals surface area contributed by atoms with Gasteiger partial charge < -0.3 is 15.1 Å². The molecule has 23 heavy (non-hydrogen) atoms. The molecule has 0 saturated carbocycles. The molecule has 126 valence electrons. The van der Waals surface area contributed by atoms with Crippen molar-refractivity contribution in [3.8, 4) is 0 Å². The van der Waals surface area contributed by atoms with E-state index < -0.39 is 11.6 Å². The third-order valence-electron chi connectivity index (χ3n) is 3.79. The first-order valence-electron chi connectivity index (χ1n) is 7.55. The number of carbonyl (C=O) groups excluding carboxylic acids is 2. The smallest absolute Gasteiger partial charge is 0.254 e. The number of hydrogen-bond donors (Lipinski definition) is 1. The molecule has 5 nitrogen and oxygen atoms in total. The van der Waals surface area contributed by atoms with Crippen LogP contribution in [0.4, 0.5) is 8.78 Å². The third kappa shape index (κ3) is 4.48. The van der Waals surface area contributed by atoms with Crippen LogP contribution in [0.15, 0.2) is 18.2 Å². The lowest BCUT2D eigenvalue weighted by Gasteiger charge is -2.38. The van der Waals surface area contributed by atoms with Gasteiger partial charge in [0.15, 0.2) is 11.6 Å². The maximum Gasteiger partial charge on any atom is 0.254 e. The molecule has 1 aromatic carbocycles. The van der Waals surface area contributed by atoms with Crippen LogP contribution in [0.3, 0.4) is 0 Å². The van der Waals surface area contributed by atoms with Gasteiger partial charge >= 0.3 is 0 Å². The highest BCUT2D eigenvalue weighted by molar-refractivity contribution is 5.96. The lowest BCUT2D eigenvalue weighted by atomic mass is 9.97. The highest BCUT2D eigenvalue weighted by Crippen LogP contribution is 2.20. The summed E-state index contributed by atoms with van der Waals surface area (Å²) in [5.41, 5.74) is 0.0914. The van der Waals surface area contributed by atoms with Gasteiger partial charge in [-0.25, -0.2) is 8.78 Å². The monoisotopic (exact) mass is 325 g/mol. The summed E-state index contributed by atoms with van der Waals surface area (Å²) in [6, 6.07) is 3.05. The average Bonchev–Trinajstić information content (AvgIpc) is 2.44. The van der Waals surface area contributed by atoms with Gasteiger partial charge in [-0.15, -0.1) is 0 Å². The number of nitrogens with zero attached hydrogens (tertiary/aromatic N) is 2. The summed E-state index contributed by atoms with van der Waals surface area (Å²) in [6.07, 6.45) is 0.864. The van der Waals surface area contributed by atoms with Gasteiger partial charge in [-0.3, -0.25) is 9.59 Å². The SMILES string of the molecule is CN(C)CCCNC(=O)C1CN(C(=O)c2ccc(F)c(F)c2)C1. The van der Waals surface area contributed by atoms with Crippen molar-refractivity contribution in [3.05, 3.63) is 35.4 Å². The summed E-state index contributed by atoms with van der Waals surface area (Å²) in [5, 5.41) is 2.84. The molecule has 1 heterocycles. The van der Waals surface area contributed by atoms with Crippen LogP contribution in [0, 0.1) is 17.6 Å². The number of likely N-dealkylation sites (tertiary alicyclic amines) is 1. The summed E-state index contributed by atoms with van der Waals surface area (Å²) in [4.78, 5) is 27.5. The lowest BCUT2D eigenvalue weighted by Crippen LogP contribution is -2.55. The quantitative estimate of drug-likeness (QED) is 0.797. The van der Waals surface area contributed by atoms with E-state index in [0.717, 1.165) is 25.1 Å². The second-order valence-electron chi connectivity index (χ2n) is 5.98. The molecule has 1 N–H and O–H groups in total. The highest BCUT2D eigenvalue weighted by atomic mass is 19.2. The molecule has 1 aliphatic rings. The number of halogens is 2. The van der Waals surface area contributed by atoms with Crippen molar-refractivity contribution in [2.24, 2.45) is 5.92 Å². The van der Waals surface area contributed by atoms with Crippen LogP contribution in [0.2, 0.25) is 0 Å². The maximum absolute atomic E-state index is 13.1. The average molecular weight is 325 g/mol. The Morgan fingerprint density at radius 2 is 1.96 bits per heavy atom. The standard InChI is InChI=1S/C16H21F2N3O2/c1-20(2)7-3-6-19-15(22)12-9-21(10-12)16(23)11-4-5-13(17)14(18)8-11/h4-5,8,12H,3,6-7,9-10H2,1-2H3,(H,19,22). The van der Waals surface area contributed by atoms with Crippen molar-refractivity contribution >= 4 is 11.8 Å². The number of carbonyl (C=O) groups is 2. The molecular formula is C16H21F2N3O2. The molecule has 2 amide bonds. The van der Waals surface area contributed by atoms with Gasteiger partial charge in [0.1, 0.15) is 0 Å². The number of benzene rings is 1. The van der Waals surface area contributed by atoms with Crippen molar-refractivity contribution in [3.63, 3.8) is 0 Å². The summed E-state index contributed by atoms with van der Waals surface area (Å²) >= 11 is 0. The van der Waals surface area contributed by atoms with Crippen LogP contribution in [0.25, 0.3) is 0 Å². The Kier molecular flexibility index (Phi) is 5.65. The molecule has 0 unspecified atom stereocenters. The summed E-state index contributed by atoms with van der Waals surface area (Å²) in [5.74, 6) is -2.73. The van der Waals surface area contributed by atoms with E-state index in [1.807, 2.05) is 19.0 Å². The third-order valence-corrected chi connectivity index (χ3v) is 3.79. The number of rotatable bonds is 6. The van der Waals surface area contributed by atoms with Crippen LogP contribution in [-0.2, 0) is 4.79 Å². The lowest BCUT2D eigenvalue weighted by molar-refractivity contribution is -0.128. The zero-order valence-electron chi connectivity index (χ0n) is 13.3. The zero-order chi connectivity index (χ0) is 17.0. The Labute approximate surface area is 134 Å². The molecule has 1 fully saturated rings. The van der Waals surface area contributed by atoms with E-state index in [4.69, 9.17) is 0 Å². The normalized spacial score (nSPS) is 14.7. The second-order valence-corrected chi connectivity index (χ2v) is 5.98. The first kappa shape index (κ1) is 17.3. The Balaban J connectivity index is 1.76. The molecule has 0 bridgehead atoms. The van der Waals surface area contributed by atoms with Gasteiger partial charge in [0.05, 0.1) is 5.92 Å². The van der Waals surface area contributed by atoms with Gasteiger partial charge in [0.25, 0.3) is 5.91 Å². The molecule has 0 radical (unpaired) electrons. The minimum absolute atomic E-state index is 0.0712. The fourth-order valence-electron chi connectivity index (χ4n) is 2.37. The van der Waals surface area contributed by atoms with Crippen LogP contribution < -0.4 is 5.32 Å². The predicted molar refractivity (Wildman–Crippen MR) is 81.9 cm³/mol. The zero-order valence-corrected chi connectivity index (χ0v) is 13.3. The molecule has 2 rings (SSSR count). The number of hydrogen-bond acceptors (Lipinski definition) is 3. The van der Waals surface area contributed by atoms with E-state index in [9.17, 15) is 18.4 Å². The first-order valence-corrected chi connectivity index (χ1v) is 7.55. The van der Waals surface area contributed by atoms with E-state index in [1.165, 1.54) is 11.0 Å². The van der Waals surface area contributed by atoms with Crippen LogP contribution in [-0.4, -0.2) is 61.9 Å². The first-order chi connectivity index (χ1) is 10.9. The van der Waals surface area contributed by atoms with E-state index in [-0.39, 0.29) is 23.3 Å². The molecule has 0 aromatic heterocycles. The summed E-state index contributed by atoms with van der Waals surface area (Å²) in [7, 11) is 3.94. The predicted octanol–water partition coefficient (Wildman–Crippen LogP) is 1.10. The molecule has 0 atom stereocenters. The molecule has 1 aromatic rings. The van der Waals surface area contributed by atoms with Crippen molar-refractivity contribution in [1.29, 1.82) is 0 Å². The van der Waals surface area contributed by atoms with Gasteiger partial charge in [-0.2, -0.15) is 0 Å². The van der Waals surface area contributed by atoms with Gasteiger partial charge in [-0.05, 0) is 45.3 Å². The fourth-order valence-corrected chi connectivity index (χ4v) is 2.37. The molecule has 7 heteroatoms. The van der Waals surface area contributed by atoms with Crippen molar-refractivity contribution in [2.45, 2.75) is 6.42 Å². The molecule has 0 aliphatic carbocycles. The molecule has 1 aliphatic heterocycles. The highest BCUT2D eigenvalue weighted by Gasteiger charge is 2.35. The van der Waals surface area contributed by atoms with Crippen LogP contribution in [0.5, 0.6) is 0 Å². The number of nitrogens with one attached hydrogen (secondary N) is 1. The second kappa shape index (κ2) is 7.50. The van der Waals surface area contributed by atoms with Crippen molar-refractivity contribution < 1.29 is 18.4 Å². The van der Waals surface area contributed by atoms with E-state index in [2.05, 4.69) is 5.32 Å². The Morgan fingerprint density at radius 3 is 2.57 bits per heavy atom. The van der Waals surface area contributed by atoms with E-state index >= 15 is 0 Å². The molecular weight excluding hydrogens is 304 g/mol. The minimum atomic E-state index is -1.05. The number of amides is 2. The van der Waals surface area contributed by atoms with Crippen molar-refractivity contribution in [2.75, 3.05) is 40.3 Å². The van der Waals surface area contributed by atoms with Gasteiger partial charge in [0, 0.05) is 25.2 Å². The summed E-state index contributed by atoms with van der Waals surface area (Å²) in [6.45, 7) is 2.10. The molecule has 0 spiro atoms. The topological polar surface area (TPSA) is 52.7 Å². The Morgan fingerprint density at radius 1 is 1.26 bits per heavy atom. The fraction of sp³-hybridized carbons (Fsp3) is 0.500. The van der Waals surface area contributed by atoms with Crippen molar-refractivity contribution in [1.82, 2.24) is 15.1 Å². The van der Waals surface area contributed by atoms with Crippen LogP contribution >= 0.6 is 0 Å². The molecule has 1 saturated heterocycles. The minimum Gasteiger partial charge on any atom is -0.356 e.